The van der Waals surface area contributed by atoms with E-state index in [1.165, 1.54) is 5.56 Å². The molecule has 5 nitrogen and oxygen atoms in total. The molecule has 0 saturated carbocycles. The minimum absolute atomic E-state index is 0.263. The summed E-state index contributed by atoms with van der Waals surface area (Å²) < 4.78 is 10.9. The summed E-state index contributed by atoms with van der Waals surface area (Å²) >= 11 is 0. The Bertz CT molecular complexity index is 506. The van der Waals surface area contributed by atoms with E-state index in [0.717, 1.165) is 31.0 Å². The molecule has 0 bridgehead atoms. The van der Waals surface area contributed by atoms with Crippen LogP contribution in [0.2, 0.25) is 0 Å². The number of hydrogen-bond acceptors (Lipinski definition) is 4. The van der Waals surface area contributed by atoms with Crippen molar-refractivity contribution in [2.45, 2.75) is 45.3 Å². The van der Waals surface area contributed by atoms with Crippen molar-refractivity contribution in [1.29, 1.82) is 0 Å². The molecule has 0 spiro atoms. The predicted molar refractivity (Wildman–Crippen MR) is 79.0 cm³/mol. The van der Waals surface area contributed by atoms with Gasteiger partial charge in [-0.05, 0) is 31.9 Å². The second kappa shape index (κ2) is 5.81. The maximum atomic E-state index is 12.2. The van der Waals surface area contributed by atoms with Crippen LogP contribution in [0, 0.1) is 13.8 Å². The summed E-state index contributed by atoms with van der Waals surface area (Å²) in [6.07, 6.45) is 1.69. The smallest absolute Gasteiger partial charge is 0.224 e. The summed E-state index contributed by atoms with van der Waals surface area (Å²) in [6.45, 7) is 7.23. The van der Waals surface area contributed by atoms with Crippen LogP contribution in [0.5, 0.6) is 0 Å². The Morgan fingerprint density at radius 2 is 2.19 bits per heavy atom. The van der Waals surface area contributed by atoms with Gasteiger partial charge in [-0.3, -0.25) is 9.69 Å². The number of furan rings is 1. The van der Waals surface area contributed by atoms with Gasteiger partial charge < -0.3 is 14.1 Å². The largest absolute Gasteiger partial charge is 0.465 e. The molecule has 0 radical (unpaired) electrons. The van der Waals surface area contributed by atoms with Gasteiger partial charge >= 0.3 is 0 Å². The van der Waals surface area contributed by atoms with Crippen LogP contribution in [0.1, 0.15) is 29.9 Å². The number of amides is 1. The van der Waals surface area contributed by atoms with Gasteiger partial charge in [-0.1, -0.05) is 0 Å². The molecule has 3 heterocycles. The van der Waals surface area contributed by atoms with E-state index < -0.39 is 0 Å². The molecular weight excluding hydrogens is 268 g/mol. The Morgan fingerprint density at radius 1 is 1.38 bits per heavy atom. The Balaban J connectivity index is 1.66. The van der Waals surface area contributed by atoms with Crippen LogP contribution in [0.25, 0.3) is 0 Å². The first-order valence-corrected chi connectivity index (χ1v) is 7.68. The quantitative estimate of drug-likeness (QED) is 0.829. The fraction of sp³-hybridized carbons (Fsp3) is 0.688. The van der Waals surface area contributed by atoms with E-state index in [1.54, 1.807) is 7.11 Å². The summed E-state index contributed by atoms with van der Waals surface area (Å²) in [6, 6.07) is 2.80. The number of carbonyl (C=O) groups excluding carboxylic acids is 1. The van der Waals surface area contributed by atoms with E-state index in [0.29, 0.717) is 31.7 Å². The third-order valence-corrected chi connectivity index (χ3v) is 4.84. The molecule has 2 aliphatic heterocycles. The molecule has 2 fully saturated rings. The normalized spacial score (nSPS) is 25.9. The molecule has 5 heteroatoms. The first kappa shape index (κ1) is 14.6. The molecule has 1 aromatic rings. The number of fused-ring (bicyclic) bond motifs is 1. The van der Waals surface area contributed by atoms with Crippen molar-refractivity contribution in [2.75, 3.05) is 26.8 Å². The summed E-state index contributed by atoms with van der Waals surface area (Å²) in [5.41, 5.74) is 1.20. The molecule has 0 aromatic carbocycles. The molecule has 116 valence electrons. The lowest BCUT2D eigenvalue weighted by atomic mass is 10.1. The number of hydrogen-bond donors (Lipinski definition) is 0. The van der Waals surface area contributed by atoms with Crippen LogP contribution in [-0.2, 0) is 16.1 Å². The highest BCUT2D eigenvalue weighted by Gasteiger charge is 2.46. The van der Waals surface area contributed by atoms with E-state index in [4.69, 9.17) is 9.15 Å². The second-order valence-electron chi connectivity index (χ2n) is 6.13. The molecule has 1 aromatic heterocycles. The zero-order valence-electron chi connectivity index (χ0n) is 13.1. The van der Waals surface area contributed by atoms with Gasteiger partial charge in [-0.25, -0.2) is 0 Å². The first-order chi connectivity index (χ1) is 10.1. The van der Waals surface area contributed by atoms with Gasteiger partial charge in [0, 0.05) is 38.7 Å². The van der Waals surface area contributed by atoms with Crippen molar-refractivity contribution in [1.82, 2.24) is 9.80 Å². The van der Waals surface area contributed by atoms with Crippen molar-refractivity contribution in [3.8, 4) is 0 Å². The molecule has 21 heavy (non-hydrogen) atoms. The number of carbonyl (C=O) groups is 1. The van der Waals surface area contributed by atoms with Crippen molar-refractivity contribution >= 4 is 5.91 Å². The number of rotatable bonds is 5. The molecule has 0 N–H and O–H groups in total. The molecular formula is C16H24N2O3. The number of ether oxygens (including phenoxy) is 1. The lowest BCUT2D eigenvalue weighted by Crippen LogP contribution is -2.38. The monoisotopic (exact) mass is 292 g/mol. The maximum Gasteiger partial charge on any atom is 0.224 e. The molecule has 3 rings (SSSR count). The van der Waals surface area contributed by atoms with Gasteiger partial charge in [0.15, 0.2) is 0 Å². The number of nitrogens with zero attached hydrogens (tertiary/aromatic N) is 2. The van der Waals surface area contributed by atoms with E-state index in [2.05, 4.69) is 17.9 Å². The molecule has 2 atom stereocenters. The highest BCUT2D eigenvalue weighted by atomic mass is 16.5. The number of likely N-dealkylation sites (tertiary alicyclic amines) is 2. The Hall–Kier alpha value is -1.33. The highest BCUT2D eigenvalue weighted by molar-refractivity contribution is 5.80. The average molecular weight is 292 g/mol. The molecule has 1 amide bonds. The Kier molecular flexibility index (Phi) is 4.04. The topological polar surface area (TPSA) is 45.9 Å². The predicted octanol–water partition coefficient (Wildman–Crippen LogP) is 1.72. The molecule has 2 saturated heterocycles. The van der Waals surface area contributed by atoms with Gasteiger partial charge in [0.2, 0.25) is 5.91 Å². The standard InChI is InChI=1S/C16H24N2O3/c1-11-8-13(21-12(11)2)10-17-5-4-14-15(17)9-16(19)18(14)6-7-20-3/h8,14-15H,4-7,9-10H2,1-3H3/t14-,15+/m1/s1. The van der Waals surface area contributed by atoms with Crippen molar-refractivity contribution in [3.05, 3.63) is 23.2 Å². The van der Waals surface area contributed by atoms with Crippen LogP contribution in [0.15, 0.2) is 10.5 Å². The van der Waals surface area contributed by atoms with E-state index in [-0.39, 0.29) is 5.91 Å². The summed E-state index contributed by atoms with van der Waals surface area (Å²) in [5.74, 6) is 2.26. The van der Waals surface area contributed by atoms with Crippen LogP contribution in [0.3, 0.4) is 0 Å². The van der Waals surface area contributed by atoms with Gasteiger partial charge in [-0.2, -0.15) is 0 Å². The summed E-state index contributed by atoms with van der Waals surface area (Å²) in [5, 5.41) is 0. The lowest BCUT2D eigenvalue weighted by molar-refractivity contribution is -0.129. The van der Waals surface area contributed by atoms with Crippen molar-refractivity contribution in [3.63, 3.8) is 0 Å². The van der Waals surface area contributed by atoms with Crippen LogP contribution < -0.4 is 0 Å². The summed E-state index contributed by atoms with van der Waals surface area (Å²) in [7, 11) is 1.68. The lowest BCUT2D eigenvalue weighted by Gasteiger charge is -2.24. The van der Waals surface area contributed by atoms with Gasteiger partial charge in [0.05, 0.1) is 13.2 Å². The third-order valence-electron chi connectivity index (χ3n) is 4.84. The Labute approximate surface area is 125 Å². The first-order valence-electron chi connectivity index (χ1n) is 7.68. The van der Waals surface area contributed by atoms with Gasteiger partial charge in [0.1, 0.15) is 11.5 Å². The van der Waals surface area contributed by atoms with E-state index >= 15 is 0 Å². The average Bonchev–Trinajstić information content (AvgIpc) is 3.05. The minimum Gasteiger partial charge on any atom is -0.465 e. The fourth-order valence-electron chi connectivity index (χ4n) is 3.61. The molecule has 0 aliphatic carbocycles. The van der Waals surface area contributed by atoms with Crippen LogP contribution >= 0.6 is 0 Å². The fourth-order valence-corrected chi connectivity index (χ4v) is 3.61. The maximum absolute atomic E-state index is 12.2. The molecule has 0 unspecified atom stereocenters. The van der Waals surface area contributed by atoms with E-state index in [9.17, 15) is 4.79 Å². The Morgan fingerprint density at radius 3 is 2.86 bits per heavy atom. The second-order valence-corrected chi connectivity index (χ2v) is 6.13. The number of methoxy groups -OCH3 is 1. The zero-order valence-corrected chi connectivity index (χ0v) is 13.1. The highest BCUT2D eigenvalue weighted by Crippen LogP contribution is 2.33. The molecule has 2 aliphatic rings. The van der Waals surface area contributed by atoms with Crippen LogP contribution in [0.4, 0.5) is 0 Å². The van der Waals surface area contributed by atoms with E-state index in [1.807, 2.05) is 11.8 Å². The van der Waals surface area contributed by atoms with Gasteiger partial charge in [-0.15, -0.1) is 0 Å². The van der Waals surface area contributed by atoms with Crippen molar-refractivity contribution in [2.24, 2.45) is 0 Å². The SMILES string of the molecule is COCCN1C(=O)C[C@H]2[C@H]1CCN2Cc1cc(C)c(C)o1. The number of aryl methyl sites for hydroxylation is 2. The van der Waals surface area contributed by atoms with Crippen LogP contribution in [-0.4, -0.2) is 54.6 Å². The third kappa shape index (κ3) is 2.72. The zero-order chi connectivity index (χ0) is 15.0. The summed E-state index contributed by atoms with van der Waals surface area (Å²) in [4.78, 5) is 16.6. The van der Waals surface area contributed by atoms with Gasteiger partial charge in [0.25, 0.3) is 0 Å². The minimum atomic E-state index is 0.263. The van der Waals surface area contributed by atoms with Crippen molar-refractivity contribution < 1.29 is 13.9 Å².